The molecule has 118 valence electrons. The van der Waals surface area contributed by atoms with Crippen LogP contribution in [0.3, 0.4) is 0 Å². The molecule has 1 amide bonds. The van der Waals surface area contributed by atoms with Gasteiger partial charge in [-0.2, -0.15) is 0 Å². The summed E-state index contributed by atoms with van der Waals surface area (Å²) in [6, 6.07) is 7.05. The number of benzene rings is 1. The fourth-order valence-corrected chi connectivity index (χ4v) is 2.67. The van der Waals surface area contributed by atoms with E-state index in [1.54, 1.807) is 36.8 Å². The van der Waals surface area contributed by atoms with Gasteiger partial charge in [0.2, 0.25) is 0 Å². The summed E-state index contributed by atoms with van der Waals surface area (Å²) >= 11 is 1.41. The predicted octanol–water partition coefficient (Wildman–Crippen LogP) is 1.12. The van der Waals surface area contributed by atoms with E-state index in [2.05, 4.69) is 10.3 Å². The lowest BCUT2D eigenvalue weighted by atomic mass is 10.1. The number of aliphatic hydroxyl groups is 1. The van der Waals surface area contributed by atoms with E-state index in [0.29, 0.717) is 24.2 Å². The number of amides is 1. The molecule has 0 aliphatic heterocycles. The summed E-state index contributed by atoms with van der Waals surface area (Å²) in [4.78, 5) is 16.2. The molecule has 1 unspecified atom stereocenters. The highest BCUT2D eigenvalue weighted by Gasteiger charge is 2.13. The number of carbonyl (C=O) groups is 1. The van der Waals surface area contributed by atoms with Gasteiger partial charge in [0.25, 0.3) is 5.91 Å². The van der Waals surface area contributed by atoms with Crippen molar-refractivity contribution in [1.82, 2.24) is 10.3 Å². The first-order chi connectivity index (χ1) is 10.6. The number of aromatic nitrogens is 1. The van der Waals surface area contributed by atoms with E-state index in [1.807, 2.05) is 0 Å². The van der Waals surface area contributed by atoms with E-state index < -0.39 is 6.10 Å². The number of aliphatic hydroxyl groups excluding tert-OH is 1. The maximum Gasteiger partial charge on any atom is 0.270 e. The fourth-order valence-electron chi connectivity index (χ4n) is 1.88. The molecule has 0 radical (unpaired) electrons. The number of nitrogens with one attached hydrogen (secondary N) is 1. The predicted molar refractivity (Wildman–Crippen MR) is 85.2 cm³/mol. The third-order valence-electron chi connectivity index (χ3n) is 3.10. The van der Waals surface area contributed by atoms with Gasteiger partial charge in [0.1, 0.15) is 11.4 Å². The lowest BCUT2D eigenvalue weighted by Gasteiger charge is -2.12. The number of thiazole rings is 1. The largest absolute Gasteiger partial charge is 0.497 e. The molecular weight excluding hydrogens is 302 g/mol. The number of rotatable bonds is 7. The zero-order valence-corrected chi connectivity index (χ0v) is 13.1. The number of hydrogen-bond acceptors (Lipinski definition) is 6. The number of nitrogens with zero attached hydrogens (tertiary/aromatic N) is 1. The molecule has 1 atom stereocenters. The molecule has 22 heavy (non-hydrogen) atoms. The number of nitrogens with two attached hydrogens (primary N) is 1. The number of methoxy groups -OCH3 is 1. The monoisotopic (exact) mass is 321 g/mol. The summed E-state index contributed by atoms with van der Waals surface area (Å²) < 4.78 is 5.06. The van der Waals surface area contributed by atoms with Gasteiger partial charge >= 0.3 is 0 Å². The standard InChI is InChI=1S/C15H19N3O3S/c1-21-11-4-2-10(3-5-11)13(19)8-17-15(20)12-9-22-14(18-12)6-7-16/h2-5,9,13,19H,6-8,16H2,1H3,(H,17,20). The third kappa shape index (κ3) is 4.27. The van der Waals surface area contributed by atoms with Crippen molar-refractivity contribution in [1.29, 1.82) is 0 Å². The van der Waals surface area contributed by atoms with Crippen LogP contribution in [0.1, 0.15) is 27.2 Å². The van der Waals surface area contributed by atoms with Crippen LogP contribution in [0.2, 0.25) is 0 Å². The molecular formula is C15H19N3O3S. The zero-order chi connectivity index (χ0) is 15.9. The molecule has 6 nitrogen and oxygen atoms in total. The smallest absolute Gasteiger partial charge is 0.270 e. The molecule has 0 saturated heterocycles. The summed E-state index contributed by atoms with van der Waals surface area (Å²) in [6.07, 6.45) is -0.121. The van der Waals surface area contributed by atoms with Crippen molar-refractivity contribution in [2.45, 2.75) is 12.5 Å². The minimum Gasteiger partial charge on any atom is -0.497 e. The molecule has 0 aliphatic rings. The van der Waals surface area contributed by atoms with Crippen LogP contribution < -0.4 is 15.8 Å². The first-order valence-corrected chi connectivity index (χ1v) is 7.76. The highest BCUT2D eigenvalue weighted by Crippen LogP contribution is 2.17. The van der Waals surface area contributed by atoms with Crippen LogP contribution in [0.15, 0.2) is 29.6 Å². The number of hydrogen-bond donors (Lipinski definition) is 3. The highest BCUT2D eigenvalue weighted by molar-refractivity contribution is 7.09. The second-order valence-corrected chi connectivity index (χ2v) is 5.61. The second kappa shape index (κ2) is 7.88. The Kier molecular flexibility index (Phi) is 5.88. The van der Waals surface area contributed by atoms with E-state index in [1.165, 1.54) is 11.3 Å². The van der Waals surface area contributed by atoms with Crippen LogP contribution in [0.5, 0.6) is 5.75 Å². The van der Waals surface area contributed by atoms with E-state index in [4.69, 9.17) is 10.5 Å². The summed E-state index contributed by atoms with van der Waals surface area (Å²) in [5.74, 6) is 0.418. The molecule has 1 heterocycles. The van der Waals surface area contributed by atoms with Gasteiger partial charge in [0.15, 0.2) is 0 Å². The van der Waals surface area contributed by atoms with E-state index in [0.717, 1.165) is 10.8 Å². The molecule has 1 aromatic carbocycles. The first kappa shape index (κ1) is 16.4. The summed E-state index contributed by atoms with van der Waals surface area (Å²) in [5.41, 5.74) is 6.52. The Bertz CT molecular complexity index is 613. The Morgan fingerprint density at radius 1 is 1.45 bits per heavy atom. The average molecular weight is 321 g/mol. The molecule has 0 bridgehead atoms. The van der Waals surface area contributed by atoms with Crippen molar-refractivity contribution in [2.75, 3.05) is 20.2 Å². The Morgan fingerprint density at radius 2 is 2.18 bits per heavy atom. The van der Waals surface area contributed by atoms with Gasteiger partial charge < -0.3 is 20.9 Å². The quantitative estimate of drug-likeness (QED) is 0.710. The van der Waals surface area contributed by atoms with Gasteiger partial charge in [-0.15, -0.1) is 11.3 Å². The molecule has 0 fully saturated rings. The number of ether oxygens (including phenoxy) is 1. The van der Waals surface area contributed by atoms with Crippen molar-refractivity contribution < 1.29 is 14.6 Å². The topological polar surface area (TPSA) is 97.5 Å². The van der Waals surface area contributed by atoms with Gasteiger partial charge in [-0.1, -0.05) is 12.1 Å². The maximum atomic E-state index is 12.0. The lowest BCUT2D eigenvalue weighted by molar-refractivity contribution is 0.0912. The minimum absolute atomic E-state index is 0.120. The fraction of sp³-hybridized carbons (Fsp3) is 0.333. The minimum atomic E-state index is -0.781. The Labute approximate surface area is 132 Å². The summed E-state index contributed by atoms with van der Waals surface area (Å²) in [6.45, 7) is 0.625. The summed E-state index contributed by atoms with van der Waals surface area (Å²) in [7, 11) is 1.58. The van der Waals surface area contributed by atoms with E-state index in [9.17, 15) is 9.90 Å². The van der Waals surface area contributed by atoms with Crippen molar-refractivity contribution in [3.8, 4) is 5.75 Å². The first-order valence-electron chi connectivity index (χ1n) is 6.88. The average Bonchev–Trinajstić information content (AvgIpc) is 3.01. The number of carbonyl (C=O) groups excluding carboxylic acids is 1. The van der Waals surface area contributed by atoms with Crippen molar-refractivity contribution >= 4 is 17.2 Å². The van der Waals surface area contributed by atoms with Gasteiger partial charge in [-0.05, 0) is 24.2 Å². The van der Waals surface area contributed by atoms with Crippen LogP contribution in [-0.2, 0) is 6.42 Å². The molecule has 7 heteroatoms. The van der Waals surface area contributed by atoms with E-state index >= 15 is 0 Å². The van der Waals surface area contributed by atoms with Crippen molar-refractivity contribution in [3.63, 3.8) is 0 Å². The van der Waals surface area contributed by atoms with E-state index in [-0.39, 0.29) is 12.5 Å². The Morgan fingerprint density at radius 3 is 2.82 bits per heavy atom. The highest BCUT2D eigenvalue weighted by atomic mass is 32.1. The van der Waals surface area contributed by atoms with Crippen LogP contribution in [0.25, 0.3) is 0 Å². The zero-order valence-electron chi connectivity index (χ0n) is 12.3. The van der Waals surface area contributed by atoms with Crippen LogP contribution in [0.4, 0.5) is 0 Å². The van der Waals surface area contributed by atoms with Crippen molar-refractivity contribution in [2.24, 2.45) is 5.73 Å². The molecule has 1 aromatic heterocycles. The molecule has 2 aromatic rings. The summed E-state index contributed by atoms with van der Waals surface area (Å²) in [5, 5.41) is 15.3. The molecule has 0 aliphatic carbocycles. The Hall–Kier alpha value is -1.96. The molecule has 4 N–H and O–H groups in total. The van der Waals surface area contributed by atoms with Crippen LogP contribution in [-0.4, -0.2) is 36.2 Å². The van der Waals surface area contributed by atoms with Gasteiger partial charge in [0.05, 0.1) is 18.2 Å². The van der Waals surface area contributed by atoms with Crippen molar-refractivity contribution in [3.05, 3.63) is 45.9 Å². The van der Waals surface area contributed by atoms with Gasteiger partial charge in [-0.3, -0.25) is 4.79 Å². The van der Waals surface area contributed by atoms with Crippen LogP contribution >= 0.6 is 11.3 Å². The maximum absolute atomic E-state index is 12.0. The molecule has 2 rings (SSSR count). The SMILES string of the molecule is COc1ccc(C(O)CNC(=O)c2csc(CCN)n2)cc1. The van der Waals surface area contributed by atoms with Crippen LogP contribution in [0, 0.1) is 0 Å². The molecule has 0 saturated carbocycles. The normalized spacial score (nSPS) is 12.0. The second-order valence-electron chi connectivity index (χ2n) is 4.66. The van der Waals surface area contributed by atoms with Gasteiger partial charge in [-0.25, -0.2) is 4.98 Å². The molecule has 0 spiro atoms. The Balaban J connectivity index is 1.88. The lowest BCUT2D eigenvalue weighted by Crippen LogP contribution is -2.28. The van der Waals surface area contributed by atoms with Gasteiger partial charge in [0, 0.05) is 18.3 Å². The third-order valence-corrected chi connectivity index (χ3v) is 4.01.